The van der Waals surface area contributed by atoms with Gasteiger partial charge in [-0.25, -0.2) is 4.98 Å². The van der Waals surface area contributed by atoms with E-state index < -0.39 is 0 Å². The Morgan fingerprint density at radius 3 is 3.40 bits per heavy atom. The number of rotatable bonds is 0. The predicted molar refractivity (Wildman–Crippen MR) is 37.6 cm³/mol. The molecule has 0 amide bonds. The molecule has 0 aliphatic heterocycles. The number of oxazole rings is 1. The number of aromatic nitrogens is 1. The molecule has 49 valence electrons. The van der Waals surface area contributed by atoms with Gasteiger partial charge in [0.25, 0.3) is 0 Å². The molecule has 1 aromatic heterocycles. The summed E-state index contributed by atoms with van der Waals surface area (Å²) in [4.78, 5) is 3.94. The largest absolute Gasteiger partial charge is 0.443 e. The molecule has 2 aromatic rings. The molecule has 0 aliphatic carbocycles. The molecule has 0 bridgehead atoms. The monoisotopic (exact) mass is 132 g/mol. The lowest BCUT2D eigenvalue weighted by molar-refractivity contribution is 0.602. The molecule has 2 heteroatoms. The van der Waals surface area contributed by atoms with E-state index in [4.69, 9.17) is 4.42 Å². The molecule has 1 aromatic carbocycles. The van der Waals surface area contributed by atoms with Gasteiger partial charge in [-0.3, -0.25) is 0 Å². The molecule has 0 unspecified atom stereocenters. The van der Waals surface area contributed by atoms with Gasteiger partial charge in [0.2, 0.25) is 0 Å². The van der Waals surface area contributed by atoms with E-state index >= 15 is 0 Å². The van der Waals surface area contributed by atoms with E-state index in [1.54, 1.807) is 0 Å². The molecule has 1 radical (unpaired) electrons. The van der Waals surface area contributed by atoms with E-state index in [-0.39, 0.29) is 0 Å². The van der Waals surface area contributed by atoms with E-state index in [1.165, 1.54) is 6.39 Å². The second-order valence-corrected chi connectivity index (χ2v) is 2.24. The Morgan fingerprint density at radius 1 is 1.60 bits per heavy atom. The summed E-state index contributed by atoms with van der Waals surface area (Å²) in [6, 6.07) is 6.83. The molecular formula is C8H6NO. The van der Waals surface area contributed by atoms with Crippen LogP contribution < -0.4 is 0 Å². The van der Waals surface area contributed by atoms with Crippen LogP contribution in [0, 0.1) is 13.0 Å². The second kappa shape index (κ2) is 1.84. The fraction of sp³-hybridized carbons (Fsp3) is 0.125. The van der Waals surface area contributed by atoms with Crippen LogP contribution in [0.4, 0.5) is 0 Å². The number of nitrogens with zero attached hydrogens (tertiary/aromatic N) is 1. The molecule has 2 rings (SSSR count). The summed E-state index contributed by atoms with van der Waals surface area (Å²) >= 11 is 0. The van der Waals surface area contributed by atoms with Crippen molar-refractivity contribution in [3.05, 3.63) is 30.2 Å². The zero-order valence-electron chi connectivity index (χ0n) is 5.59. The van der Waals surface area contributed by atoms with Gasteiger partial charge in [0.05, 0.1) is 0 Å². The van der Waals surface area contributed by atoms with Gasteiger partial charge >= 0.3 is 0 Å². The quantitative estimate of drug-likeness (QED) is 0.547. The second-order valence-electron chi connectivity index (χ2n) is 2.24. The molecule has 0 atom stereocenters. The molecule has 0 spiro atoms. The summed E-state index contributed by atoms with van der Waals surface area (Å²) in [5, 5.41) is 0. The lowest BCUT2D eigenvalue weighted by atomic mass is 10.2. The summed E-state index contributed by atoms with van der Waals surface area (Å²) in [5.74, 6) is 0. The first kappa shape index (κ1) is 5.47. The maximum absolute atomic E-state index is 5.06. The molecule has 2 nitrogen and oxygen atoms in total. The minimum atomic E-state index is 0.797. The Hall–Kier alpha value is -1.31. The number of hydrogen-bond donors (Lipinski definition) is 0. The maximum Gasteiger partial charge on any atom is 0.182 e. The van der Waals surface area contributed by atoms with E-state index in [1.807, 2.05) is 19.1 Å². The van der Waals surface area contributed by atoms with Gasteiger partial charge in [0.15, 0.2) is 12.0 Å². The highest BCUT2D eigenvalue weighted by Crippen LogP contribution is 2.12. The average Bonchev–Trinajstić information content (AvgIpc) is 2.33. The van der Waals surface area contributed by atoms with E-state index in [0.29, 0.717) is 0 Å². The highest BCUT2D eigenvalue weighted by atomic mass is 16.3. The van der Waals surface area contributed by atoms with Crippen molar-refractivity contribution in [3.63, 3.8) is 0 Å². The van der Waals surface area contributed by atoms with E-state index in [9.17, 15) is 0 Å². The van der Waals surface area contributed by atoms with Crippen molar-refractivity contribution in [2.45, 2.75) is 6.92 Å². The number of aryl methyl sites for hydroxylation is 1. The summed E-state index contributed by atoms with van der Waals surface area (Å²) in [6.45, 7) is 2.00. The average molecular weight is 132 g/mol. The number of hydrogen-bond acceptors (Lipinski definition) is 2. The minimum absolute atomic E-state index is 0.797. The Bertz CT molecular complexity index is 351. The Balaban J connectivity index is 2.86. The van der Waals surface area contributed by atoms with Crippen LogP contribution in [0.25, 0.3) is 11.1 Å². The van der Waals surface area contributed by atoms with Crippen LogP contribution >= 0.6 is 0 Å². The van der Waals surface area contributed by atoms with Crippen molar-refractivity contribution in [2.24, 2.45) is 0 Å². The topological polar surface area (TPSA) is 26.0 Å². The highest BCUT2D eigenvalue weighted by molar-refractivity contribution is 5.71. The van der Waals surface area contributed by atoms with Crippen LogP contribution in [-0.4, -0.2) is 4.98 Å². The molecule has 0 saturated carbocycles. The van der Waals surface area contributed by atoms with Crippen molar-refractivity contribution in [2.75, 3.05) is 0 Å². The number of benzene rings is 1. The third-order valence-electron chi connectivity index (χ3n) is 1.39. The molecular weight excluding hydrogens is 126 g/mol. The molecule has 0 fully saturated rings. The van der Waals surface area contributed by atoms with Gasteiger partial charge < -0.3 is 4.42 Å². The fourth-order valence-corrected chi connectivity index (χ4v) is 0.897. The van der Waals surface area contributed by atoms with Gasteiger partial charge in [-0.2, -0.15) is 0 Å². The highest BCUT2D eigenvalue weighted by Gasteiger charge is 1.95. The van der Waals surface area contributed by atoms with Crippen molar-refractivity contribution >= 4 is 11.1 Å². The van der Waals surface area contributed by atoms with Gasteiger partial charge in [-0.05, 0) is 24.6 Å². The minimum Gasteiger partial charge on any atom is -0.443 e. The van der Waals surface area contributed by atoms with Crippen LogP contribution in [0.15, 0.2) is 22.9 Å². The van der Waals surface area contributed by atoms with Crippen molar-refractivity contribution < 1.29 is 4.42 Å². The van der Waals surface area contributed by atoms with Crippen LogP contribution in [-0.2, 0) is 0 Å². The van der Waals surface area contributed by atoms with Crippen molar-refractivity contribution in [3.8, 4) is 0 Å². The third-order valence-corrected chi connectivity index (χ3v) is 1.39. The Kier molecular flexibility index (Phi) is 1.01. The van der Waals surface area contributed by atoms with Crippen molar-refractivity contribution in [1.29, 1.82) is 0 Å². The summed E-state index contributed by atoms with van der Waals surface area (Å²) in [5.41, 5.74) is 2.75. The predicted octanol–water partition coefficient (Wildman–Crippen LogP) is 1.94. The summed E-state index contributed by atoms with van der Waals surface area (Å²) < 4.78 is 5.06. The first-order valence-electron chi connectivity index (χ1n) is 3.08. The number of fused-ring (bicyclic) bond motifs is 1. The SMILES string of the molecule is Cc1c[c]c2ncoc2c1. The lowest BCUT2D eigenvalue weighted by Crippen LogP contribution is -1.70. The Labute approximate surface area is 58.5 Å². The fourth-order valence-electron chi connectivity index (χ4n) is 0.897. The van der Waals surface area contributed by atoms with E-state index in [2.05, 4.69) is 11.1 Å². The van der Waals surface area contributed by atoms with Crippen molar-refractivity contribution in [1.82, 2.24) is 4.98 Å². The summed E-state index contributed by atoms with van der Waals surface area (Å²) in [7, 11) is 0. The first-order valence-corrected chi connectivity index (χ1v) is 3.08. The smallest absolute Gasteiger partial charge is 0.182 e. The zero-order valence-corrected chi connectivity index (χ0v) is 5.59. The van der Waals surface area contributed by atoms with Crippen LogP contribution in [0.1, 0.15) is 5.56 Å². The van der Waals surface area contributed by atoms with Gasteiger partial charge in [0.1, 0.15) is 5.52 Å². The van der Waals surface area contributed by atoms with Gasteiger partial charge in [-0.15, -0.1) is 0 Å². The van der Waals surface area contributed by atoms with Crippen LogP contribution in [0.3, 0.4) is 0 Å². The maximum atomic E-state index is 5.06. The van der Waals surface area contributed by atoms with Crippen LogP contribution in [0.2, 0.25) is 0 Å². The molecule has 0 saturated heterocycles. The summed E-state index contributed by atoms with van der Waals surface area (Å²) in [6.07, 6.45) is 1.43. The normalized spacial score (nSPS) is 10.5. The standard InChI is InChI=1S/C8H6NO/c1-6-2-3-7-8(4-6)10-5-9-7/h2,4-5H,1H3. The molecule has 0 N–H and O–H groups in total. The molecule has 1 heterocycles. The molecule has 10 heavy (non-hydrogen) atoms. The van der Waals surface area contributed by atoms with Gasteiger partial charge in [-0.1, -0.05) is 0 Å². The van der Waals surface area contributed by atoms with E-state index in [0.717, 1.165) is 16.7 Å². The van der Waals surface area contributed by atoms with Crippen LogP contribution in [0.5, 0.6) is 0 Å². The Morgan fingerprint density at radius 2 is 2.50 bits per heavy atom. The first-order chi connectivity index (χ1) is 4.86. The zero-order chi connectivity index (χ0) is 6.97. The lowest BCUT2D eigenvalue weighted by Gasteiger charge is -1.86. The third kappa shape index (κ3) is 0.692. The molecule has 0 aliphatic rings. The van der Waals surface area contributed by atoms with Gasteiger partial charge in [0, 0.05) is 6.07 Å².